The van der Waals surface area contributed by atoms with Gasteiger partial charge in [-0.3, -0.25) is 18.7 Å². The molecule has 0 radical (unpaired) electrons. The molecule has 3 rings (SSSR count). The fourth-order valence-corrected chi connectivity index (χ4v) is 4.38. The molecule has 34 heavy (non-hydrogen) atoms. The number of fused-ring (bicyclic) bond motifs is 1. The number of aryl methyl sites for hydroxylation is 1. The minimum Gasteiger partial charge on any atom is -0.497 e. The third kappa shape index (κ3) is 5.24. The Morgan fingerprint density at radius 2 is 1.71 bits per heavy atom. The molecule has 1 atom stereocenters. The van der Waals surface area contributed by atoms with E-state index in [1.807, 2.05) is 13.8 Å². The van der Waals surface area contributed by atoms with Crippen molar-refractivity contribution >= 4 is 34.4 Å². The lowest BCUT2D eigenvalue weighted by atomic mass is 10.2. The highest BCUT2D eigenvalue weighted by molar-refractivity contribution is 8.00. The number of anilines is 1. The summed E-state index contributed by atoms with van der Waals surface area (Å²) >= 11 is 1.14. The lowest BCUT2D eigenvalue weighted by Gasteiger charge is -2.17. The second-order valence-corrected chi connectivity index (χ2v) is 9.61. The number of hydrogen-bond donors (Lipinski definition) is 1. The SMILES string of the molecule is COc1cc(NC(=O)C(C)Sc2nc(C)nc3c2c(=O)n(C)c(=O)n3CC(C)C)cc(OC)c1. The van der Waals surface area contributed by atoms with Crippen LogP contribution in [-0.2, 0) is 18.4 Å². The molecule has 182 valence electrons. The molecule has 1 N–H and O–H groups in total. The van der Waals surface area contributed by atoms with Crippen LogP contribution in [0.2, 0.25) is 0 Å². The van der Waals surface area contributed by atoms with E-state index in [1.54, 1.807) is 32.0 Å². The van der Waals surface area contributed by atoms with Gasteiger partial charge in [0.2, 0.25) is 5.91 Å². The van der Waals surface area contributed by atoms with Gasteiger partial charge in [0.25, 0.3) is 5.56 Å². The highest BCUT2D eigenvalue weighted by Gasteiger charge is 2.23. The quantitative estimate of drug-likeness (QED) is 0.381. The van der Waals surface area contributed by atoms with Crippen LogP contribution in [0.3, 0.4) is 0 Å². The smallest absolute Gasteiger partial charge is 0.332 e. The number of methoxy groups -OCH3 is 2. The van der Waals surface area contributed by atoms with E-state index in [0.29, 0.717) is 34.6 Å². The lowest BCUT2D eigenvalue weighted by molar-refractivity contribution is -0.115. The number of aromatic nitrogens is 4. The van der Waals surface area contributed by atoms with Gasteiger partial charge >= 0.3 is 5.69 Å². The molecule has 0 aliphatic carbocycles. The highest BCUT2D eigenvalue weighted by Crippen LogP contribution is 2.29. The number of carbonyl (C=O) groups is 1. The monoisotopic (exact) mass is 487 g/mol. The maximum atomic E-state index is 13.0. The van der Waals surface area contributed by atoms with Crippen molar-refractivity contribution < 1.29 is 14.3 Å². The number of rotatable bonds is 8. The molecule has 1 amide bonds. The first-order valence-electron chi connectivity index (χ1n) is 10.7. The number of benzene rings is 1. The van der Waals surface area contributed by atoms with Crippen LogP contribution in [0.4, 0.5) is 5.69 Å². The molecule has 10 nitrogen and oxygen atoms in total. The number of hydrogen-bond acceptors (Lipinski definition) is 8. The van der Waals surface area contributed by atoms with Crippen LogP contribution >= 0.6 is 11.8 Å². The van der Waals surface area contributed by atoms with E-state index in [1.165, 1.54) is 25.8 Å². The molecule has 3 aromatic rings. The largest absolute Gasteiger partial charge is 0.497 e. The van der Waals surface area contributed by atoms with Crippen LogP contribution in [0.15, 0.2) is 32.8 Å². The Kier molecular flexibility index (Phi) is 7.65. The molecule has 0 saturated heterocycles. The summed E-state index contributed by atoms with van der Waals surface area (Å²) in [6, 6.07) is 5.07. The first kappa shape index (κ1) is 25.3. The first-order valence-corrected chi connectivity index (χ1v) is 11.6. The summed E-state index contributed by atoms with van der Waals surface area (Å²) in [6.45, 7) is 7.77. The van der Waals surface area contributed by atoms with Crippen molar-refractivity contribution in [2.45, 2.75) is 44.5 Å². The number of nitrogens with zero attached hydrogens (tertiary/aromatic N) is 4. The van der Waals surface area contributed by atoms with Crippen molar-refractivity contribution in [3.8, 4) is 11.5 Å². The third-order valence-electron chi connectivity index (χ3n) is 5.08. The Morgan fingerprint density at radius 1 is 1.09 bits per heavy atom. The van der Waals surface area contributed by atoms with Crippen molar-refractivity contribution in [3.05, 3.63) is 44.9 Å². The highest BCUT2D eigenvalue weighted by atomic mass is 32.2. The van der Waals surface area contributed by atoms with Gasteiger partial charge in [0.05, 0.1) is 19.5 Å². The maximum Gasteiger partial charge on any atom is 0.332 e. The van der Waals surface area contributed by atoms with Crippen LogP contribution in [0.5, 0.6) is 11.5 Å². The summed E-state index contributed by atoms with van der Waals surface area (Å²) in [5.74, 6) is 1.36. The molecule has 2 aromatic heterocycles. The zero-order chi connectivity index (χ0) is 25.2. The Balaban J connectivity index is 2.00. The predicted molar refractivity (Wildman–Crippen MR) is 132 cm³/mol. The van der Waals surface area contributed by atoms with Gasteiger partial charge in [0, 0.05) is 37.5 Å². The summed E-state index contributed by atoms with van der Waals surface area (Å²) in [5.41, 5.74) is -0.133. The van der Waals surface area contributed by atoms with E-state index in [-0.39, 0.29) is 22.9 Å². The van der Waals surface area contributed by atoms with Crippen LogP contribution in [0.1, 0.15) is 26.6 Å². The van der Waals surface area contributed by atoms with Gasteiger partial charge in [-0.15, -0.1) is 0 Å². The van der Waals surface area contributed by atoms with Crippen LogP contribution < -0.4 is 26.0 Å². The predicted octanol–water partition coefficient (Wildman–Crippen LogP) is 2.59. The molecule has 0 fully saturated rings. The van der Waals surface area contributed by atoms with Gasteiger partial charge in [-0.1, -0.05) is 25.6 Å². The molecule has 2 heterocycles. The fourth-order valence-electron chi connectivity index (χ4n) is 3.40. The topological polar surface area (TPSA) is 117 Å². The third-order valence-corrected chi connectivity index (χ3v) is 6.17. The first-order chi connectivity index (χ1) is 16.0. The number of nitrogens with one attached hydrogen (secondary N) is 1. The zero-order valence-electron chi connectivity index (χ0n) is 20.3. The standard InChI is InChI=1S/C23H29N5O5S/c1-12(2)11-28-19-18(22(30)27(5)23(28)31)21(25-14(4)24-19)34-13(3)20(29)26-15-8-16(32-6)10-17(9-15)33-7/h8-10,12-13H,11H2,1-7H3,(H,26,29). The molecule has 11 heteroatoms. The van der Waals surface area contributed by atoms with Crippen molar-refractivity contribution in [1.29, 1.82) is 0 Å². The minimum atomic E-state index is -0.607. The molecule has 1 unspecified atom stereocenters. The van der Waals surface area contributed by atoms with E-state index in [0.717, 1.165) is 16.3 Å². The van der Waals surface area contributed by atoms with Crippen molar-refractivity contribution in [1.82, 2.24) is 19.1 Å². The lowest BCUT2D eigenvalue weighted by Crippen LogP contribution is -2.39. The molecule has 0 saturated carbocycles. The van der Waals surface area contributed by atoms with E-state index in [4.69, 9.17) is 9.47 Å². The van der Waals surface area contributed by atoms with Crippen molar-refractivity contribution in [3.63, 3.8) is 0 Å². The Bertz CT molecular complexity index is 1330. The van der Waals surface area contributed by atoms with Crippen molar-refractivity contribution in [2.24, 2.45) is 13.0 Å². The van der Waals surface area contributed by atoms with E-state index < -0.39 is 16.5 Å². The molecular formula is C23H29N5O5S. The molecule has 0 aliphatic rings. The molecular weight excluding hydrogens is 458 g/mol. The molecule has 0 spiro atoms. The summed E-state index contributed by atoms with van der Waals surface area (Å²) < 4.78 is 13.1. The fraction of sp³-hybridized carbons (Fsp3) is 0.435. The number of carbonyl (C=O) groups excluding carboxylic acids is 1. The summed E-state index contributed by atoms with van der Waals surface area (Å²) in [4.78, 5) is 47.6. The van der Waals surface area contributed by atoms with E-state index in [9.17, 15) is 14.4 Å². The van der Waals surface area contributed by atoms with Gasteiger partial charge in [0.15, 0.2) is 5.65 Å². The molecule has 0 aliphatic heterocycles. The van der Waals surface area contributed by atoms with E-state index in [2.05, 4.69) is 15.3 Å². The Labute approximate surface area is 201 Å². The normalized spacial score (nSPS) is 12.1. The molecule has 0 bridgehead atoms. The number of ether oxygens (including phenoxy) is 2. The Hall–Kier alpha value is -3.34. The summed E-state index contributed by atoms with van der Waals surface area (Å²) in [6.07, 6.45) is 0. The Morgan fingerprint density at radius 3 is 2.26 bits per heavy atom. The second-order valence-electron chi connectivity index (χ2n) is 8.28. The van der Waals surface area contributed by atoms with Gasteiger partial charge in [-0.2, -0.15) is 0 Å². The zero-order valence-corrected chi connectivity index (χ0v) is 21.1. The number of amides is 1. The van der Waals surface area contributed by atoms with Gasteiger partial charge < -0.3 is 14.8 Å². The average Bonchev–Trinajstić information content (AvgIpc) is 2.79. The van der Waals surface area contributed by atoms with Crippen LogP contribution in [0, 0.1) is 12.8 Å². The van der Waals surface area contributed by atoms with E-state index >= 15 is 0 Å². The molecule has 1 aromatic carbocycles. The van der Waals surface area contributed by atoms with Gasteiger partial charge in [-0.25, -0.2) is 14.8 Å². The van der Waals surface area contributed by atoms with Crippen LogP contribution in [0.25, 0.3) is 11.0 Å². The minimum absolute atomic E-state index is 0.161. The van der Waals surface area contributed by atoms with Gasteiger partial charge in [0.1, 0.15) is 27.7 Å². The second kappa shape index (κ2) is 10.3. The summed E-state index contributed by atoms with van der Waals surface area (Å²) in [7, 11) is 4.49. The number of thioether (sulfide) groups is 1. The summed E-state index contributed by atoms with van der Waals surface area (Å²) in [5, 5.41) is 2.81. The average molecular weight is 488 g/mol. The maximum absolute atomic E-state index is 13.0. The van der Waals surface area contributed by atoms with Crippen molar-refractivity contribution in [2.75, 3.05) is 19.5 Å². The van der Waals surface area contributed by atoms with Gasteiger partial charge in [-0.05, 0) is 19.8 Å². The van der Waals surface area contributed by atoms with Crippen LogP contribution in [-0.4, -0.2) is 44.5 Å².